The van der Waals surface area contributed by atoms with Crippen LogP contribution in [0.5, 0.6) is 0 Å². The van der Waals surface area contributed by atoms with Gasteiger partial charge in [-0.15, -0.1) is 0 Å². The second-order valence-electron chi connectivity index (χ2n) is 4.74. The van der Waals surface area contributed by atoms with Crippen LogP contribution in [0.2, 0.25) is 0 Å². The highest BCUT2D eigenvalue weighted by Crippen LogP contribution is 2.31. The first kappa shape index (κ1) is 14.6. The summed E-state index contributed by atoms with van der Waals surface area (Å²) in [6.45, 7) is 1.30. The number of nitrogens with zero attached hydrogens (tertiary/aromatic N) is 2. The van der Waals surface area contributed by atoms with Crippen molar-refractivity contribution >= 4 is 11.7 Å². The van der Waals surface area contributed by atoms with E-state index in [1.165, 1.54) is 18.3 Å². The molecule has 1 N–H and O–H groups in total. The first-order valence-corrected chi connectivity index (χ1v) is 6.48. The molecule has 1 aromatic rings. The summed E-state index contributed by atoms with van der Waals surface area (Å²) in [6.07, 6.45) is -1.69. The first-order chi connectivity index (χ1) is 9.40. The molecule has 2 rings (SSSR count). The highest BCUT2D eigenvalue weighted by Gasteiger charge is 2.40. The summed E-state index contributed by atoms with van der Waals surface area (Å²) in [5.41, 5.74) is 0.229. The molecule has 0 aromatic carbocycles. The monoisotopic (exact) mass is 287 g/mol. The number of carbonyl (C=O) groups excluding carboxylic acids is 1. The quantitative estimate of drug-likeness (QED) is 0.905. The maximum absolute atomic E-state index is 12.6. The number of anilines is 1. The van der Waals surface area contributed by atoms with Gasteiger partial charge in [0.25, 0.3) is 5.91 Å². The average Bonchev–Trinajstić information content (AvgIpc) is 3.19. The molecule has 0 aliphatic heterocycles. The van der Waals surface area contributed by atoms with Gasteiger partial charge >= 0.3 is 6.18 Å². The third-order valence-corrected chi connectivity index (χ3v) is 2.96. The third kappa shape index (κ3) is 3.85. The van der Waals surface area contributed by atoms with Crippen LogP contribution in [-0.2, 0) is 0 Å². The molecule has 1 heterocycles. The lowest BCUT2D eigenvalue weighted by molar-refractivity contribution is -0.141. The van der Waals surface area contributed by atoms with Crippen molar-refractivity contribution in [1.29, 1.82) is 0 Å². The zero-order valence-electron chi connectivity index (χ0n) is 11.1. The number of carbonyl (C=O) groups is 1. The van der Waals surface area contributed by atoms with Crippen LogP contribution in [-0.4, -0.2) is 41.1 Å². The van der Waals surface area contributed by atoms with Gasteiger partial charge in [-0.1, -0.05) is 0 Å². The van der Waals surface area contributed by atoms with Crippen molar-refractivity contribution in [3.05, 3.63) is 23.9 Å². The maximum atomic E-state index is 12.6. The molecule has 0 radical (unpaired) electrons. The van der Waals surface area contributed by atoms with E-state index in [1.54, 1.807) is 0 Å². The van der Waals surface area contributed by atoms with E-state index in [-0.39, 0.29) is 11.6 Å². The Morgan fingerprint density at radius 2 is 2.20 bits per heavy atom. The van der Waals surface area contributed by atoms with Crippen LogP contribution in [0.1, 0.15) is 30.1 Å². The van der Waals surface area contributed by atoms with Gasteiger partial charge in [-0.25, -0.2) is 4.98 Å². The van der Waals surface area contributed by atoms with Crippen molar-refractivity contribution in [3.63, 3.8) is 0 Å². The van der Waals surface area contributed by atoms with Crippen LogP contribution in [0.15, 0.2) is 18.3 Å². The molecular weight excluding hydrogens is 271 g/mol. The zero-order chi connectivity index (χ0) is 14.8. The van der Waals surface area contributed by atoms with Crippen molar-refractivity contribution in [3.8, 4) is 0 Å². The minimum absolute atomic E-state index is 0.229. The van der Waals surface area contributed by atoms with E-state index in [0.29, 0.717) is 25.2 Å². The van der Waals surface area contributed by atoms with Gasteiger partial charge in [0.05, 0.1) is 0 Å². The Hall–Kier alpha value is -1.79. The van der Waals surface area contributed by atoms with Gasteiger partial charge in [0.2, 0.25) is 0 Å². The number of hydrogen-bond acceptors (Lipinski definition) is 3. The summed E-state index contributed by atoms with van der Waals surface area (Å²) < 4.78 is 37.7. The van der Waals surface area contributed by atoms with E-state index in [1.807, 2.05) is 6.92 Å². The van der Waals surface area contributed by atoms with Crippen molar-refractivity contribution in [2.45, 2.75) is 32.0 Å². The number of alkyl halides is 3. The van der Waals surface area contributed by atoms with Gasteiger partial charge in [-0.3, -0.25) is 4.79 Å². The van der Waals surface area contributed by atoms with E-state index in [9.17, 15) is 18.0 Å². The van der Waals surface area contributed by atoms with Gasteiger partial charge in [-0.05, 0) is 31.9 Å². The van der Waals surface area contributed by atoms with Crippen LogP contribution in [0, 0.1) is 0 Å². The summed E-state index contributed by atoms with van der Waals surface area (Å²) in [6, 6.07) is 2.63. The molecule has 1 aliphatic carbocycles. The summed E-state index contributed by atoms with van der Waals surface area (Å²) >= 11 is 0. The Labute approximate surface area is 115 Å². The van der Waals surface area contributed by atoms with E-state index in [0.717, 1.165) is 4.90 Å². The van der Waals surface area contributed by atoms with Gasteiger partial charge in [0.1, 0.15) is 12.4 Å². The predicted molar refractivity (Wildman–Crippen MR) is 68.5 cm³/mol. The number of nitrogens with one attached hydrogen (secondary N) is 1. The molecule has 1 fully saturated rings. The molecule has 0 atom stereocenters. The molecule has 1 aromatic heterocycles. The molecule has 0 unspecified atom stereocenters. The molecule has 4 nitrogen and oxygen atoms in total. The lowest BCUT2D eigenvalue weighted by Gasteiger charge is -2.23. The van der Waals surface area contributed by atoms with Crippen LogP contribution in [0.25, 0.3) is 0 Å². The van der Waals surface area contributed by atoms with Crippen LogP contribution in [0.3, 0.4) is 0 Å². The maximum Gasteiger partial charge on any atom is 0.406 e. The molecule has 1 amide bonds. The van der Waals surface area contributed by atoms with Gasteiger partial charge in [-0.2, -0.15) is 13.2 Å². The fourth-order valence-corrected chi connectivity index (χ4v) is 1.95. The van der Waals surface area contributed by atoms with Gasteiger partial charge in [0.15, 0.2) is 0 Å². The summed E-state index contributed by atoms with van der Waals surface area (Å²) in [4.78, 5) is 17.1. The van der Waals surface area contributed by atoms with Crippen molar-refractivity contribution in [2.24, 2.45) is 0 Å². The molecule has 1 aliphatic rings. The molecular formula is C13H16F3N3O. The smallest absolute Gasteiger partial charge is 0.370 e. The second kappa shape index (κ2) is 5.68. The molecule has 0 spiro atoms. The Morgan fingerprint density at radius 3 is 2.75 bits per heavy atom. The molecule has 1 saturated carbocycles. The lowest BCUT2D eigenvalue weighted by Crippen LogP contribution is -2.40. The Balaban J connectivity index is 2.16. The normalized spacial score (nSPS) is 15.0. The van der Waals surface area contributed by atoms with Crippen LogP contribution < -0.4 is 5.32 Å². The topological polar surface area (TPSA) is 45.2 Å². The number of amides is 1. The van der Waals surface area contributed by atoms with Gasteiger partial charge < -0.3 is 10.2 Å². The molecule has 20 heavy (non-hydrogen) atoms. The second-order valence-corrected chi connectivity index (χ2v) is 4.74. The largest absolute Gasteiger partial charge is 0.406 e. The Kier molecular flexibility index (Phi) is 4.15. The van der Waals surface area contributed by atoms with E-state index < -0.39 is 18.6 Å². The summed E-state index contributed by atoms with van der Waals surface area (Å²) in [5.74, 6) is -0.104. The minimum atomic E-state index is -4.38. The number of hydrogen-bond donors (Lipinski definition) is 1. The number of pyridine rings is 1. The van der Waals surface area contributed by atoms with Crippen molar-refractivity contribution < 1.29 is 18.0 Å². The standard InChI is InChI=1S/C13H16F3N3O/c1-2-17-11-7-9(5-6-18-11)12(20)19(10-3-4-10)8-13(14,15)16/h5-7,10H,2-4,8H2,1H3,(H,17,18). The van der Waals surface area contributed by atoms with Crippen molar-refractivity contribution in [1.82, 2.24) is 9.88 Å². The Bertz CT molecular complexity index is 486. The van der Waals surface area contributed by atoms with Gasteiger partial charge in [0, 0.05) is 24.3 Å². The highest BCUT2D eigenvalue weighted by molar-refractivity contribution is 5.95. The van der Waals surface area contributed by atoms with Crippen molar-refractivity contribution in [2.75, 3.05) is 18.4 Å². The van der Waals surface area contributed by atoms with E-state index in [2.05, 4.69) is 10.3 Å². The average molecular weight is 287 g/mol. The molecule has 0 bridgehead atoms. The predicted octanol–water partition coefficient (Wildman–Crippen LogP) is 2.68. The highest BCUT2D eigenvalue weighted by atomic mass is 19.4. The Morgan fingerprint density at radius 1 is 1.50 bits per heavy atom. The zero-order valence-corrected chi connectivity index (χ0v) is 11.1. The van der Waals surface area contributed by atoms with E-state index >= 15 is 0 Å². The fourth-order valence-electron chi connectivity index (χ4n) is 1.95. The SMILES string of the molecule is CCNc1cc(C(=O)N(CC(F)(F)F)C2CC2)ccn1. The number of rotatable bonds is 5. The summed E-state index contributed by atoms with van der Waals surface area (Å²) in [7, 11) is 0. The fraction of sp³-hybridized carbons (Fsp3) is 0.538. The summed E-state index contributed by atoms with van der Waals surface area (Å²) in [5, 5.41) is 2.93. The molecule has 110 valence electrons. The number of aromatic nitrogens is 1. The number of halogens is 3. The van der Waals surface area contributed by atoms with E-state index in [4.69, 9.17) is 0 Å². The molecule has 0 saturated heterocycles. The van der Waals surface area contributed by atoms with Crippen LogP contribution >= 0.6 is 0 Å². The lowest BCUT2D eigenvalue weighted by atomic mass is 10.2. The minimum Gasteiger partial charge on any atom is -0.370 e. The molecule has 7 heteroatoms. The first-order valence-electron chi connectivity index (χ1n) is 6.48. The third-order valence-electron chi connectivity index (χ3n) is 2.96. The van der Waals surface area contributed by atoms with Crippen LogP contribution in [0.4, 0.5) is 19.0 Å².